The summed E-state index contributed by atoms with van der Waals surface area (Å²) in [7, 11) is 0. The van der Waals surface area contributed by atoms with Gasteiger partial charge < -0.3 is 20.9 Å². The Bertz CT molecular complexity index is 935. The third kappa shape index (κ3) is 4.14. The predicted molar refractivity (Wildman–Crippen MR) is 106 cm³/mol. The highest BCUT2D eigenvalue weighted by Gasteiger charge is 2.35. The minimum Gasteiger partial charge on any atom is -0.489 e. The molecule has 1 heterocycles. The Morgan fingerprint density at radius 1 is 1.21 bits per heavy atom. The fourth-order valence-corrected chi connectivity index (χ4v) is 3.45. The van der Waals surface area contributed by atoms with Crippen LogP contribution >= 0.6 is 0 Å². The predicted octanol–water partition coefficient (Wildman–Crippen LogP) is 3.13. The first-order chi connectivity index (χ1) is 13.2. The van der Waals surface area contributed by atoms with Crippen molar-refractivity contribution in [2.75, 3.05) is 5.32 Å². The Balaban J connectivity index is 1.79. The molecule has 7 nitrogen and oxygen atoms in total. The number of carboxylic acids is 1. The zero-order valence-corrected chi connectivity index (χ0v) is 15.8. The lowest BCUT2D eigenvalue weighted by atomic mass is 9.76. The van der Waals surface area contributed by atoms with Gasteiger partial charge in [0, 0.05) is 22.4 Å². The highest BCUT2D eigenvalue weighted by atomic mass is 16.5. The van der Waals surface area contributed by atoms with Crippen LogP contribution in [0.2, 0.25) is 0 Å². The first kappa shape index (κ1) is 19.4. The summed E-state index contributed by atoms with van der Waals surface area (Å²) < 4.78 is 5.83. The molecule has 2 aromatic rings. The molecule has 0 aliphatic carbocycles. The van der Waals surface area contributed by atoms with Crippen molar-refractivity contribution in [2.24, 2.45) is 5.73 Å². The number of nitrogen functional groups attached to an aromatic ring is 1. The van der Waals surface area contributed by atoms with Gasteiger partial charge in [-0.3, -0.25) is 15.0 Å². The molecule has 5 N–H and O–H groups in total. The summed E-state index contributed by atoms with van der Waals surface area (Å²) in [6.45, 7) is 4.07. The van der Waals surface area contributed by atoms with Crippen molar-refractivity contribution >= 4 is 23.4 Å². The van der Waals surface area contributed by atoms with E-state index >= 15 is 0 Å². The minimum absolute atomic E-state index is 0.0440. The average molecular weight is 381 g/mol. The Hall–Kier alpha value is -3.35. The van der Waals surface area contributed by atoms with Crippen molar-refractivity contribution in [2.45, 2.75) is 38.2 Å². The Kier molecular flexibility index (Phi) is 5.09. The topological polar surface area (TPSA) is 125 Å². The molecule has 0 saturated heterocycles. The van der Waals surface area contributed by atoms with Crippen molar-refractivity contribution in [3.8, 4) is 5.75 Å². The summed E-state index contributed by atoms with van der Waals surface area (Å²) in [5, 5.41) is 19.3. The van der Waals surface area contributed by atoms with Crippen LogP contribution in [0.5, 0.6) is 5.75 Å². The molecular weight excluding hydrogens is 358 g/mol. The molecule has 0 fully saturated rings. The summed E-state index contributed by atoms with van der Waals surface area (Å²) in [6, 6.07) is 11.9. The number of nitrogens with two attached hydrogens (primary N) is 1. The van der Waals surface area contributed by atoms with Crippen LogP contribution in [-0.4, -0.2) is 28.9 Å². The number of hydrogen-bond acceptors (Lipinski definition) is 4. The molecule has 1 unspecified atom stereocenters. The van der Waals surface area contributed by atoms with Gasteiger partial charge in [-0.15, -0.1) is 0 Å². The summed E-state index contributed by atoms with van der Waals surface area (Å²) in [5.41, 5.74) is 7.72. The number of amides is 1. The van der Waals surface area contributed by atoms with Crippen LogP contribution < -0.4 is 15.8 Å². The van der Waals surface area contributed by atoms with E-state index in [4.69, 9.17) is 21.0 Å². The quantitative estimate of drug-likeness (QED) is 0.468. The van der Waals surface area contributed by atoms with Gasteiger partial charge in [0.05, 0.1) is 6.42 Å². The zero-order valence-electron chi connectivity index (χ0n) is 15.8. The fourth-order valence-electron chi connectivity index (χ4n) is 3.45. The third-order valence-electron chi connectivity index (χ3n) is 4.86. The maximum atomic E-state index is 12.5. The molecule has 1 atom stereocenters. The molecule has 1 aliphatic rings. The van der Waals surface area contributed by atoms with Gasteiger partial charge in [0.15, 0.2) is 0 Å². The van der Waals surface area contributed by atoms with Crippen LogP contribution in [0.4, 0.5) is 5.69 Å². The molecule has 1 aliphatic heterocycles. The molecule has 0 aromatic heterocycles. The van der Waals surface area contributed by atoms with Crippen LogP contribution in [-0.2, 0) is 10.2 Å². The highest BCUT2D eigenvalue weighted by molar-refractivity contribution is 6.05. The third-order valence-corrected chi connectivity index (χ3v) is 4.86. The molecule has 2 aromatic carbocycles. The number of rotatable bonds is 5. The second kappa shape index (κ2) is 7.34. The first-order valence-electron chi connectivity index (χ1n) is 8.94. The molecule has 1 amide bonds. The summed E-state index contributed by atoms with van der Waals surface area (Å²) in [4.78, 5) is 23.5. The highest BCUT2D eigenvalue weighted by Crippen LogP contribution is 2.42. The number of carboxylic acid groups (broad SMARTS) is 1. The van der Waals surface area contributed by atoms with Crippen LogP contribution in [0.25, 0.3) is 0 Å². The molecule has 0 spiro atoms. The number of aliphatic carboxylic acids is 1. The number of benzene rings is 2. The lowest BCUT2D eigenvalue weighted by Gasteiger charge is -2.37. The molecule has 28 heavy (non-hydrogen) atoms. The van der Waals surface area contributed by atoms with Gasteiger partial charge >= 0.3 is 5.97 Å². The van der Waals surface area contributed by atoms with E-state index in [-0.39, 0.29) is 29.7 Å². The van der Waals surface area contributed by atoms with Gasteiger partial charge in [-0.1, -0.05) is 26.0 Å². The van der Waals surface area contributed by atoms with Crippen molar-refractivity contribution in [3.63, 3.8) is 0 Å². The SMILES string of the molecule is CC1(C)CC(CC(=O)O)Oc2ccc(NC(=O)c3ccc(C(=N)N)cc3)cc21. The smallest absolute Gasteiger partial charge is 0.307 e. The van der Waals surface area contributed by atoms with E-state index < -0.39 is 5.97 Å². The van der Waals surface area contributed by atoms with Gasteiger partial charge in [-0.25, -0.2) is 0 Å². The van der Waals surface area contributed by atoms with E-state index in [1.807, 2.05) is 19.9 Å². The largest absolute Gasteiger partial charge is 0.489 e. The van der Waals surface area contributed by atoms with Crippen molar-refractivity contribution in [1.82, 2.24) is 0 Å². The molecule has 0 bridgehead atoms. The molecular formula is C21H23N3O4. The van der Waals surface area contributed by atoms with Crippen LogP contribution in [0.1, 0.15) is 48.2 Å². The summed E-state index contributed by atoms with van der Waals surface area (Å²) >= 11 is 0. The van der Waals surface area contributed by atoms with E-state index in [9.17, 15) is 9.59 Å². The van der Waals surface area contributed by atoms with Gasteiger partial charge in [0.2, 0.25) is 0 Å². The molecule has 0 saturated carbocycles. The van der Waals surface area contributed by atoms with E-state index in [0.717, 1.165) is 5.56 Å². The molecule has 7 heteroatoms. The van der Waals surface area contributed by atoms with Crippen LogP contribution in [0.15, 0.2) is 42.5 Å². The van der Waals surface area contributed by atoms with E-state index in [0.29, 0.717) is 29.0 Å². The lowest BCUT2D eigenvalue weighted by Crippen LogP contribution is -2.35. The average Bonchev–Trinajstić information content (AvgIpc) is 2.61. The number of carbonyl (C=O) groups excluding carboxylic acids is 1. The maximum Gasteiger partial charge on any atom is 0.307 e. The summed E-state index contributed by atoms with van der Waals surface area (Å²) in [6.07, 6.45) is 0.161. The van der Waals surface area contributed by atoms with Gasteiger partial charge in [-0.2, -0.15) is 0 Å². The Morgan fingerprint density at radius 3 is 2.46 bits per heavy atom. The molecule has 3 rings (SSSR count). The van der Waals surface area contributed by atoms with Crippen LogP contribution in [0.3, 0.4) is 0 Å². The standard InChI is InChI=1S/C21H23N3O4/c1-21(2)11-15(10-18(25)26)28-17-8-7-14(9-16(17)21)24-20(27)13-5-3-12(4-6-13)19(22)23/h3-9,15H,10-11H2,1-2H3,(H3,22,23)(H,24,27)(H,25,26). The minimum atomic E-state index is -0.885. The van der Waals surface area contributed by atoms with E-state index in [2.05, 4.69) is 5.32 Å². The second-order valence-corrected chi connectivity index (χ2v) is 7.58. The van der Waals surface area contributed by atoms with Crippen LogP contribution in [0, 0.1) is 5.41 Å². The van der Waals surface area contributed by atoms with E-state index in [1.54, 1.807) is 36.4 Å². The number of nitrogens with one attached hydrogen (secondary N) is 2. The number of amidine groups is 1. The number of hydrogen-bond donors (Lipinski definition) is 4. The van der Waals surface area contributed by atoms with Gasteiger partial charge in [-0.05, 0) is 42.2 Å². The summed E-state index contributed by atoms with van der Waals surface area (Å²) in [5.74, 6) is -0.561. The van der Waals surface area contributed by atoms with Gasteiger partial charge in [0.1, 0.15) is 17.7 Å². The van der Waals surface area contributed by atoms with Gasteiger partial charge in [0.25, 0.3) is 5.91 Å². The fraction of sp³-hybridized carbons (Fsp3) is 0.286. The monoisotopic (exact) mass is 381 g/mol. The normalized spacial score (nSPS) is 17.1. The number of fused-ring (bicyclic) bond motifs is 1. The lowest BCUT2D eigenvalue weighted by molar-refractivity contribution is -0.139. The molecule has 146 valence electrons. The van der Waals surface area contributed by atoms with E-state index in [1.165, 1.54) is 0 Å². The Labute approximate surface area is 163 Å². The number of anilines is 1. The molecule has 0 radical (unpaired) electrons. The Morgan fingerprint density at radius 2 is 1.86 bits per heavy atom. The van der Waals surface area contributed by atoms with Crippen molar-refractivity contribution in [3.05, 3.63) is 59.2 Å². The zero-order chi connectivity index (χ0) is 20.5. The maximum absolute atomic E-state index is 12.5. The number of ether oxygens (including phenoxy) is 1. The van der Waals surface area contributed by atoms with Crippen molar-refractivity contribution < 1.29 is 19.4 Å². The first-order valence-corrected chi connectivity index (χ1v) is 8.94. The number of carbonyl (C=O) groups is 2. The second-order valence-electron chi connectivity index (χ2n) is 7.58. The van der Waals surface area contributed by atoms with Crippen molar-refractivity contribution in [1.29, 1.82) is 5.41 Å².